The van der Waals surface area contributed by atoms with Crippen LogP contribution in [0, 0.1) is 0 Å². The van der Waals surface area contributed by atoms with Crippen LogP contribution in [0.4, 0.5) is 11.4 Å². The molecule has 2 rings (SSSR count). The van der Waals surface area contributed by atoms with Gasteiger partial charge in [-0.25, -0.2) is 0 Å². The molecule has 25 heavy (non-hydrogen) atoms. The largest absolute Gasteiger partial charge is 0.460 e. The number of nitrogens with zero attached hydrogens (tertiary/aromatic N) is 2. The molecule has 0 bridgehead atoms. The first-order valence-electron chi connectivity index (χ1n) is 9.09. The van der Waals surface area contributed by atoms with Crippen molar-refractivity contribution in [3.8, 4) is 0 Å². The molecular formula is C19H32N4O2. The average Bonchev–Trinajstić information content (AvgIpc) is 2.54. The Bertz CT molecular complexity index is 531. The molecule has 1 heterocycles. The lowest BCUT2D eigenvalue weighted by Gasteiger charge is -2.36. The van der Waals surface area contributed by atoms with Gasteiger partial charge in [-0.05, 0) is 45.0 Å². The van der Waals surface area contributed by atoms with Crippen molar-refractivity contribution < 1.29 is 9.53 Å². The highest BCUT2D eigenvalue weighted by Crippen LogP contribution is 2.17. The van der Waals surface area contributed by atoms with Crippen LogP contribution < -0.4 is 16.0 Å². The van der Waals surface area contributed by atoms with Gasteiger partial charge in [-0.3, -0.25) is 9.69 Å². The molecular weight excluding hydrogens is 316 g/mol. The standard InChI is InChI=1S/C19H32N4O2/c1-19(2,3)25-18(24)8-9-21-10-11-22-12-14-23(15-13-22)17-6-4-16(20)5-7-17/h4-7,21H,8-15,20H2,1-3H3. The first-order valence-corrected chi connectivity index (χ1v) is 9.09. The summed E-state index contributed by atoms with van der Waals surface area (Å²) in [6.45, 7) is 12.4. The third-order valence-corrected chi connectivity index (χ3v) is 4.16. The van der Waals surface area contributed by atoms with Crippen LogP contribution in [0.2, 0.25) is 0 Å². The van der Waals surface area contributed by atoms with Gasteiger partial charge < -0.3 is 20.7 Å². The summed E-state index contributed by atoms with van der Waals surface area (Å²) in [7, 11) is 0. The zero-order valence-electron chi connectivity index (χ0n) is 15.8. The fraction of sp³-hybridized carbons (Fsp3) is 0.632. The Morgan fingerprint density at radius 2 is 1.76 bits per heavy atom. The molecule has 1 aliphatic rings. The minimum absolute atomic E-state index is 0.142. The molecule has 3 N–H and O–H groups in total. The molecule has 0 aromatic heterocycles. The molecule has 140 valence electrons. The van der Waals surface area contributed by atoms with Crippen molar-refractivity contribution in [1.82, 2.24) is 10.2 Å². The van der Waals surface area contributed by atoms with Gasteiger partial charge in [0.25, 0.3) is 0 Å². The second-order valence-electron chi connectivity index (χ2n) is 7.51. The molecule has 0 unspecified atom stereocenters. The quantitative estimate of drug-likeness (QED) is 0.444. The number of nitrogens with two attached hydrogens (primary N) is 1. The van der Waals surface area contributed by atoms with Crippen molar-refractivity contribution in [3.05, 3.63) is 24.3 Å². The number of piperazine rings is 1. The normalized spacial score (nSPS) is 16.0. The van der Waals surface area contributed by atoms with E-state index in [4.69, 9.17) is 10.5 Å². The van der Waals surface area contributed by atoms with Crippen molar-refractivity contribution in [1.29, 1.82) is 0 Å². The Hall–Kier alpha value is -1.79. The van der Waals surface area contributed by atoms with Crippen LogP contribution in [0.3, 0.4) is 0 Å². The molecule has 0 amide bonds. The Labute approximate surface area is 151 Å². The van der Waals surface area contributed by atoms with Gasteiger partial charge in [-0.1, -0.05) is 0 Å². The summed E-state index contributed by atoms with van der Waals surface area (Å²) in [4.78, 5) is 16.5. The Morgan fingerprint density at radius 1 is 1.12 bits per heavy atom. The molecule has 0 atom stereocenters. The lowest BCUT2D eigenvalue weighted by Crippen LogP contribution is -2.48. The van der Waals surface area contributed by atoms with E-state index in [2.05, 4.69) is 27.2 Å². The lowest BCUT2D eigenvalue weighted by atomic mass is 10.2. The van der Waals surface area contributed by atoms with Crippen LogP contribution in [-0.4, -0.2) is 62.3 Å². The number of carbonyl (C=O) groups excluding carboxylic acids is 1. The number of hydrogen-bond acceptors (Lipinski definition) is 6. The number of nitrogen functional groups attached to an aromatic ring is 1. The summed E-state index contributed by atoms with van der Waals surface area (Å²) in [5.41, 5.74) is 7.39. The lowest BCUT2D eigenvalue weighted by molar-refractivity contribution is -0.154. The molecule has 0 saturated carbocycles. The van der Waals surface area contributed by atoms with Gasteiger partial charge in [0.1, 0.15) is 5.60 Å². The monoisotopic (exact) mass is 348 g/mol. The highest BCUT2D eigenvalue weighted by Gasteiger charge is 2.17. The Kier molecular flexibility index (Phi) is 7.08. The molecule has 1 aromatic rings. The van der Waals surface area contributed by atoms with Gasteiger partial charge in [0, 0.05) is 57.2 Å². The number of rotatable bonds is 7. The summed E-state index contributed by atoms with van der Waals surface area (Å²) in [5.74, 6) is -0.142. The smallest absolute Gasteiger partial charge is 0.307 e. The maximum Gasteiger partial charge on any atom is 0.307 e. The van der Waals surface area contributed by atoms with E-state index in [1.165, 1.54) is 5.69 Å². The molecule has 1 aromatic carbocycles. The van der Waals surface area contributed by atoms with Gasteiger partial charge in [0.15, 0.2) is 0 Å². The van der Waals surface area contributed by atoms with E-state index in [1.807, 2.05) is 32.9 Å². The third kappa shape index (κ3) is 7.32. The number of benzene rings is 1. The second kappa shape index (κ2) is 9.06. The number of carbonyl (C=O) groups is 1. The van der Waals surface area contributed by atoms with E-state index in [9.17, 15) is 4.79 Å². The maximum atomic E-state index is 11.6. The Morgan fingerprint density at radius 3 is 2.36 bits per heavy atom. The minimum Gasteiger partial charge on any atom is -0.460 e. The van der Waals surface area contributed by atoms with Gasteiger partial charge >= 0.3 is 5.97 Å². The van der Waals surface area contributed by atoms with Crippen molar-refractivity contribution in [2.24, 2.45) is 0 Å². The number of anilines is 2. The predicted octanol–water partition coefficient (Wildman–Crippen LogP) is 1.71. The predicted molar refractivity (Wildman–Crippen MR) is 103 cm³/mol. The SMILES string of the molecule is CC(C)(C)OC(=O)CCNCCN1CCN(c2ccc(N)cc2)CC1. The second-order valence-corrected chi connectivity index (χ2v) is 7.51. The van der Waals surface area contributed by atoms with E-state index in [0.717, 1.165) is 45.0 Å². The summed E-state index contributed by atoms with van der Waals surface area (Å²) < 4.78 is 5.29. The average molecular weight is 348 g/mol. The number of nitrogens with one attached hydrogen (secondary N) is 1. The summed E-state index contributed by atoms with van der Waals surface area (Å²) >= 11 is 0. The number of esters is 1. The summed E-state index contributed by atoms with van der Waals surface area (Å²) in [6, 6.07) is 8.08. The Balaban J connectivity index is 1.57. The van der Waals surface area contributed by atoms with Crippen LogP contribution in [0.15, 0.2) is 24.3 Å². The zero-order chi connectivity index (χ0) is 18.3. The van der Waals surface area contributed by atoms with Crippen LogP contribution in [-0.2, 0) is 9.53 Å². The van der Waals surface area contributed by atoms with E-state index < -0.39 is 5.60 Å². The first-order chi connectivity index (χ1) is 11.8. The van der Waals surface area contributed by atoms with Crippen LogP contribution >= 0.6 is 0 Å². The van der Waals surface area contributed by atoms with Gasteiger partial charge in [-0.15, -0.1) is 0 Å². The van der Waals surface area contributed by atoms with E-state index >= 15 is 0 Å². The summed E-state index contributed by atoms with van der Waals surface area (Å²) in [6.07, 6.45) is 0.419. The molecule has 0 radical (unpaired) electrons. The van der Waals surface area contributed by atoms with Gasteiger partial charge in [0.05, 0.1) is 6.42 Å². The topological polar surface area (TPSA) is 70.8 Å². The fourth-order valence-electron chi connectivity index (χ4n) is 2.86. The minimum atomic E-state index is -0.402. The van der Waals surface area contributed by atoms with Crippen molar-refractivity contribution in [3.63, 3.8) is 0 Å². The van der Waals surface area contributed by atoms with E-state index in [1.54, 1.807) is 0 Å². The third-order valence-electron chi connectivity index (χ3n) is 4.16. The first kappa shape index (κ1) is 19.5. The van der Waals surface area contributed by atoms with Crippen molar-refractivity contribution in [2.45, 2.75) is 32.8 Å². The molecule has 6 nitrogen and oxygen atoms in total. The number of ether oxygens (including phenoxy) is 1. The zero-order valence-corrected chi connectivity index (χ0v) is 15.8. The summed E-state index contributed by atoms with van der Waals surface area (Å²) in [5, 5.41) is 3.33. The number of hydrogen-bond donors (Lipinski definition) is 2. The molecule has 6 heteroatoms. The van der Waals surface area contributed by atoms with Crippen LogP contribution in [0.5, 0.6) is 0 Å². The van der Waals surface area contributed by atoms with Crippen molar-refractivity contribution >= 4 is 17.3 Å². The van der Waals surface area contributed by atoms with E-state index in [-0.39, 0.29) is 5.97 Å². The molecule has 0 aliphatic carbocycles. The van der Waals surface area contributed by atoms with Crippen LogP contribution in [0.1, 0.15) is 27.2 Å². The van der Waals surface area contributed by atoms with E-state index in [0.29, 0.717) is 13.0 Å². The van der Waals surface area contributed by atoms with Gasteiger partial charge in [-0.2, -0.15) is 0 Å². The molecule has 1 aliphatic heterocycles. The van der Waals surface area contributed by atoms with Crippen LogP contribution in [0.25, 0.3) is 0 Å². The molecule has 1 saturated heterocycles. The molecule has 1 fully saturated rings. The van der Waals surface area contributed by atoms with Crippen molar-refractivity contribution in [2.75, 3.05) is 56.4 Å². The molecule has 0 spiro atoms. The highest BCUT2D eigenvalue weighted by molar-refractivity contribution is 5.70. The van der Waals surface area contributed by atoms with Gasteiger partial charge in [0.2, 0.25) is 0 Å². The fourth-order valence-corrected chi connectivity index (χ4v) is 2.86. The maximum absolute atomic E-state index is 11.6. The highest BCUT2D eigenvalue weighted by atomic mass is 16.6.